The van der Waals surface area contributed by atoms with Crippen LogP contribution in [-0.2, 0) is 28.4 Å². The van der Waals surface area contributed by atoms with E-state index in [0.29, 0.717) is 13.0 Å². The van der Waals surface area contributed by atoms with Crippen LogP contribution >= 0.6 is 0 Å². The molecule has 1 heterocycles. The molecule has 1 aliphatic rings. The summed E-state index contributed by atoms with van der Waals surface area (Å²) >= 11 is 0. The molecule has 40 heavy (non-hydrogen) atoms. The van der Waals surface area contributed by atoms with Crippen molar-refractivity contribution in [3.05, 3.63) is 114 Å². The quantitative estimate of drug-likeness (QED) is 0.231. The van der Waals surface area contributed by atoms with Crippen molar-refractivity contribution >= 4 is 10.0 Å². The molecule has 1 aromatic heterocycles. The van der Waals surface area contributed by atoms with Gasteiger partial charge in [0.05, 0.1) is 26.2 Å². The second-order valence-electron chi connectivity index (χ2n) is 10.6. The topological polar surface area (TPSA) is 68.7 Å². The molecular formula is C33H36N2O4S. The van der Waals surface area contributed by atoms with E-state index in [9.17, 15) is 8.42 Å². The molecule has 0 saturated heterocycles. The normalized spacial score (nSPS) is 19.1. The molecule has 1 saturated carbocycles. The number of hydrogen-bond donors (Lipinski definition) is 0. The van der Waals surface area contributed by atoms with Crippen LogP contribution in [0.1, 0.15) is 36.1 Å². The first-order valence-electron chi connectivity index (χ1n) is 13.5. The number of hydrogen-bond acceptors (Lipinski definition) is 5. The van der Waals surface area contributed by atoms with E-state index < -0.39 is 10.0 Å². The predicted molar refractivity (Wildman–Crippen MR) is 159 cm³/mol. The van der Waals surface area contributed by atoms with Crippen LogP contribution in [0.4, 0.5) is 0 Å². The summed E-state index contributed by atoms with van der Waals surface area (Å²) in [7, 11) is -0.183. The maximum Gasteiger partial charge on any atom is 0.211 e. The lowest BCUT2D eigenvalue weighted by atomic mass is 9.76. The van der Waals surface area contributed by atoms with E-state index in [1.807, 2.05) is 54.6 Å². The van der Waals surface area contributed by atoms with Crippen LogP contribution in [0, 0.1) is 0 Å². The molecule has 7 heteroatoms. The van der Waals surface area contributed by atoms with Gasteiger partial charge in [0.1, 0.15) is 11.5 Å². The molecule has 1 aliphatic carbocycles. The second kappa shape index (κ2) is 11.8. The largest absolute Gasteiger partial charge is 0.497 e. The lowest BCUT2D eigenvalue weighted by molar-refractivity contribution is 0.294. The van der Waals surface area contributed by atoms with Gasteiger partial charge in [0.2, 0.25) is 10.0 Å². The standard InChI is InChI=1S/C33H36N2O4S/c1-38-30-16-14-25(15-17-30)24-35(40(3,36)37)29-18-19-33(23-29,32-31(39-2)13-8-20-34-32)22-26-9-7-12-28(21-26)27-10-5-4-6-11-27/h4-17,20-21,29H,18-19,22-24H2,1-3H3/t29-,33+/m0/s1. The van der Waals surface area contributed by atoms with Crippen molar-refractivity contribution in [1.82, 2.24) is 9.29 Å². The highest BCUT2D eigenvalue weighted by atomic mass is 32.2. The lowest BCUT2D eigenvalue weighted by Crippen LogP contribution is -2.39. The average molecular weight is 557 g/mol. The molecule has 0 unspecified atom stereocenters. The second-order valence-corrected chi connectivity index (χ2v) is 12.6. The number of rotatable bonds is 10. The van der Waals surface area contributed by atoms with Crippen molar-refractivity contribution in [2.75, 3.05) is 20.5 Å². The fourth-order valence-electron chi connectivity index (χ4n) is 6.07. The molecule has 1 fully saturated rings. The number of pyridine rings is 1. The molecule has 4 aromatic rings. The van der Waals surface area contributed by atoms with E-state index in [1.54, 1.807) is 24.7 Å². The molecule has 0 radical (unpaired) electrons. The van der Waals surface area contributed by atoms with Crippen LogP contribution in [0.5, 0.6) is 11.5 Å². The summed E-state index contributed by atoms with van der Waals surface area (Å²) in [6, 6.07) is 30.2. The molecule has 2 atom stereocenters. The fraction of sp³-hybridized carbons (Fsp3) is 0.303. The minimum absolute atomic E-state index is 0.166. The predicted octanol–water partition coefficient (Wildman–Crippen LogP) is 6.26. The summed E-state index contributed by atoms with van der Waals surface area (Å²) in [6.07, 6.45) is 6.04. The van der Waals surface area contributed by atoms with E-state index in [1.165, 1.54) is 17.4 Å². The zero-order chi connectivity index (χ0) is 28.2. The maximum absolute atomic E-state index is 13.1. The Balaban J connectivity index is 1.50. The first-order valence-corrected chi connectivity index (χ1v) is 15.4. The first-order chi connectivity index (χ1) is 19.3. The Labute approximate surface area is 237 Å². The summed E-state index contributed by atoms with van der Waals surface area (Å²) < 4.78 is 39.0. The number of nitrogens with zero attached hydrogens (tertiary/aromatic N) is 2. The average Bonchev–Trinajstić information content (AvgIpc) is 3.40. The minimum atomic E-state index is -3.48. The van der Waals surface area contributed by atoms with Crippen LogP contribution in [0.3, 0.4) is 0 Å². The summed E-state index contributed by atoms with van der Waals surface area (Å²) in [4.78, 5) is 4.83. The fourth-order valence-corrected chi connectivity index (χ4v) is 7.17. The van der Waals surface area contributed by atoms with Gasteiger partial charge >= 0.3 is 0 Å². The van der Waals surface area contributed by atoms with Gasteiger partial charge in [-0.3, -0.25) is 4.98 Å². The number of ether oxygens (including phenoxy) is 2. The maximum atomic E-state index is 13.1. The van der Waals surface area contributed by atoms with Crippen molar-refractivity contribution in [2.24, 2.45) is 0 Å². The molecule has 0 aliphatic heterocycles. The van der Waals surface area contributed by atoms with Crippen molar-refractivity contribution in [3.8, 4) is 22.6 Å². The monoisotopic (exact) mass is 556 g/mol. The highest BCUT2D eigenvalue weighted by molar-refractivity contribution is 7.88. The Bertz CT molecular complexity index is 1540. The molecule has 0 N–H and O–H groups in total. The van der Waals surface area contributed by atoms with E-state index in [-0.39, 0.29) is 11.5 Å². The van der Waals surface area contributed by atoms with Gasteiger partial charge < -0.3 is 9.47 Å². The smallest absolute Gasteiger partial charge is 0.211 e. The molecule has 5 rings (SSSR count). The van der Waals surface area contributed by atoms with Crippen molar-refractivity contribution in [2.45, 2.75) is 43.7 Å². The Morgan fingerprint density at radius 2 is 1.62 bits per heavy atom. The Hall–Kier alpha value is -3.68. The number of benzene rings is 3. The van der Waals surface area contributed by atoms with Crippen LogP contribution in [-0.4, -0.2) is 44.2 Å². The van der Waals surface area contributed by atoms with E-state index in [2.05, 4.69) is 36.4 Å². The highest BCUT2D eigenvalue weighted by Crippen LogP contribution is 2.48. The Morgan fingerprint density at radius 1 is 0.875 bits per heavy atom. The van der Waals surface area contributed by atoms with Crippen LogP contribution in [0.15, 0.2) is 97.2 Å². The third kappa shape index (κ3) is 6.06. The Morgan fingerprint density at radius 3 is 2.33 bits per heavy atom. The molecule has 3 aromatic carbocycles. The van der Waals surface area contributed by atoms with Gasteiger partial charge in [0.25, 0.3) is 0 Å². The number of sulfonamides is 1. The van der Waals surface area contributed by atoms with Crippen molar-refractivity contribution in [1.29, 1.82) is 0 Å². The summed E-state index contributed by atoms with van der Waals surface area (Å²) in [6.45, 7) is 0.312. The van der Waals surface area contributed by atoms with Crippen LogP contribution in [0.25, 0.3) is 11.1 Å². The highest BCUT2D eigenvalue weighted by Gasteiger charge is 2.46. The van der Waals surface area contributed by atoms with Gasteiger partial charge in [0.15, 0.2) is 0 Å². The molecule has 0 bridgehead atoms. The number of methoxy groups -OCH3 is 2. The van der Waals surface area contributed by atoms with Gasteiger partial charge in [-0.1, -0.05) is 66.7 Å². The summed E-state index contributed by atoms with van der Waals surface area (Å²) in [5, 5.41) is 0. The van der Waals surface area contributed by atoms with Crippen molar-refractivity contribution < 1.29 is 17.9 Å². The molecular weight excluding hydrogens is 520 g/mol. The lowest BCUT2D eigenvalue weighted by Gasteiger charge is -2.33. The van der Waals surface area contributed by atoms with Crippen LogP contribution in [0.2, 0.25) is 0 Å². The third-order valence-corrected chi connectivity index (χ3v) is 9.26. The minimum Gasteiger partial charge on any atom is -0.497 e. The molecule has 0 spiro atoms. The van der Waals surface area contributed by atoms with E-state index >= 15 is 0 Å². The molecule has 6 nitrogen and oxygen atoms in total. The van der Waals surface area contributed by atoms with Crippen LogP contribution < -0.4 is 9.47 Å². The first kappa shape index (κ1) is 27.9. The van der Waals surface area contributed by atoms with E-state index in [4.69, 9.17) is 14.5 Å². The zero-order valence-corrected chi connectivity index (χ0v) is 24.1. The SMILES string of the molecule is COc1ccc(CN([C@H]2CC[C@](Cc3cccc(-c4ccccc4)c3)(c3ncccc3OC)C2)S(C)(=O)=O)cc1. The van der Waals surface area contributed by atoms with E-state index in [0.717, 1.165) is 47.6 Å². The van der Waals surface area contributed by atoms with Gasteiger partial charge in [-0.25, -0.2) is 8.42 Å². The zero-order valence-electron chi connectivity index (χ0n) is 23.3. The number of aromatic nitrogens is 1. The Kier molecular flexibility index (Phi) is 8.24. The molecule has 208 valence electrons. The van der Waals surface area contributed by atoms with Gasteiger partial charge in [-0.15, -0.1) is 0 Å². The third-order valence-electron chi connectivity index (χ3n) is 7.98. The summed E-state index contributed by atoms with van der Waals surface area (Å²) in [5.41, 5.74) is 4.96. The van der Waals surface area contributed by atoms with Crippen molar-refractivity contribution in [3.63, 3.8) is 0 Å². The summed E-state index contributed by atoms with van der Waals surface area (Å²) in [5.74, 6) is 1.48. The van der Waals surface area contributed by atoms with Gasteiger partial charge in [-0.2, -0.15) is 4.31 Å². The van der Waals surface area contributed by atoms with Gasteiger partial charge in [-0.05, 0) is 72.2 Å². The van der Waals surface area contributed by atoms with Gasteiger partial charge in [0, 0.05) is 24.2 Å². The molecule has 0 amide bonds.